The van der Waals surface area contributed by atoms with Crippen molar-refractivity contribution in [1.29, 1.82) is 0 Å². The minimum atomic E-state index is -0.268. The molecule has 2 N–H and O–H groups in total. The maximum absolute atomic E-state index is 12.8. The van der Waals surface area contributed by atoms with Crippen molar-refractivity contribution in [2.75, 3.05) is 32.2 Å². The summed E-state index contributed by atoms with van der Waals surface area (Å²) in [5, 5.41) is 6.46. The number of carbonyl (C=O) groups excluding carboxylic acids is 2. The first-order chi connectivity index (χ1) is 13.7. The van der Waals surface area contributed by atoms with Crippen LogP contribution in [-0.4, -0.2) is 38.7 Å². The summed E-state index contributed by atoms with van der Waals surface area (Å²) in [5.41, 5.74) is 1.70. The van der Waals surface area contributed by atoms with Crippen LogP contribution in [0.5, 0.6) is 5.75 Å². The molecular formula is C21H26N2O4S. The summed E-state index contributed by atoms with van der Waals surface area (Å²) in [6.45, 7) is 1.05. The van der Waals surface area contributed by atoms with E-state index in [0.29, 0.717) is 29.5 Å². The molecule has 1 aliphatic rings. The summed E-state index contributed by atoms with van der Waals surface area (Å²) in [5.74, 6) is 0.241. The molecule has 7 heteroatoms. The molecule has 0 radical (unpaired) electrons. The number of carbonyl (C=O) groups is 2. The molecule has 28 heavy (non-hydrogen) atoms. The molecule has 1 aromatic carbocycles. The molecule has 0 bridgehead atoms. The van der Waals surface area contributed by atoms with Gasteiger partial charge in [0.15, 0.2) is 6.61 Å². The lowest BCUT2D eigenvalue weighted by atomic mass is 9.95. The van der Waals surface area contributed by atoms with Crippen molar-refractivity contribution in [2.24, 2.45) is 0 Å². The topological polar surface area (TPSA) is 76.7 Å². The molecule has 0 spiro atoms. The van der Waals surface area contributed by atoms with Gasteiger partial charge in [-0.25, -0.2) is 0 Å². The third-order valence-electron chi connectivity index (χ3n) is 4.58. The van der Waals surface area contributed by atoms with Gasteiger partial charge < -0.3 is 20.1 Å². The number of methoxy groups -OCH3 is 1. The number of hydrogen-bond acceptors (Lipinski definition) is 5. The average molecular weight is 403 g/mol. The van der Waals surface area contributed by atoms with Gasteiger partial charge in [0, 0.05) is 25.1 Å². The highest BCUT2D eigenvalue weighted by atomic mass is 32.1. The smallest absolute Gasteiger partial charge is 0.262 e. The second-order valence-electron chi connectivity index (χ2n) is 6.67. The summed E-state index contributed by atoms with van der Waals surface area (Å²) in [7, 11) is 1.64. The van der Waals surface area contributed by atoms with Crippen molar-refractivity contribution >= 4 is 28.2 Å². The predicted octanol–water partition coefficient (Wildman–Crippen LogP) is 3.41. The number of nitrogens with one attached hydrogen (secondary N) is 2. The minimum absolute atomic E-state index is 0.0958. The van der Waals surface area contributed by atoms with E-state index < -0.39 is 0 Å². The molecule has 0 saturated heterocycles. The van der Waals surface area contributed by atoms with Gasteiger partial charge in [-0.15, -0.1) is 11.3 Å². The van der Waals surface area contributed by atoms with Gasteiger partial charge in [-0.3, -0.25) is 9.59 Å². The molecule has 2 amide bonds. The van der Waals surface area contributed by atoms with Crippen molar-refractivity contribution in [2.45, 2.75) is 32.1 Å². The molecule has 2 aromatic rings. The van der Waals surface area contributed by atoms with Crippen LogP contribution in [0, 0.1) is 0 Å². The quantitative estimate of drug-likeness (QED) is 0.630. The van der Waals surface area contributed by atoms with E-state index in [1.807, 2.05) is 18.2 Å². The van der Waals surface area contributed by atoms with E-state index >= 15 is 0 Å². The Balaban J connectivity index is 1.68. The molecule has 1 aliphatic carbocycles. The van der Waals surface area contributed by atoms with Crippen LogP contribution in [0.1, 0.15) is 40.1 Å². The fourth-order valence-electron chi connectivity index (χ4n) is 3.23. The van der Waals surface area contributed by atoms with E-state index in [4.69, 9.17) is 9.47 Å². The Hall–Kier alpha value is -2.38. The number of amides is 2. The summed E-state index contributed by atoms with van der Waals surface area (Å²) in [4.78, 5) is 26.4. The largest absolute Gasteiger partial charge is 0.484 e. The molecule has 0 atom stereocenters. The van der Waals surface area contributed by atoms with Crippen LogP contribution in [0.4, 0.5) is 5.00 Å². The second kappa shape index (κ2) is 10.2. The molecule has 1 heterocycles. The summed E-state index contributed by atoms with van der Waals surface area (Å²) < 4.78 is 10.5. The Kier molecular flexibility index (Phi) is 7.45. The van der Waals surface area contributed by atoms with E-state index in [-0.39, 0.29) is 18.4 Å². The van der Waals surface area contributed by atoms with Gasteiger partial charge in [0.05, 0.1) is 5.56 Å². The molecular weight excluding hydrogens is 376 g/mol. The molecule has 0 saturated carbocycles. The van der Waals surface area contributed by atoms with Gasteiger partial charge in [-0.1, -0.05) is 18.2 Å². The highest BCUT2D eigenvalue weighted by Gasteiger charge is 2.26. The number of para-hydroxylation sites is 1. The van der Waals surface area contributed by atoms with Crippen molar-refractivity contribution in [3.05, 3.63) is 46.3 Å². The molecule has 150 valence electrons. The number of fused-ring (bicyclic) bond motifs is 1. The zero-order chi connectivity index (χ0) is 19.8. The number of aryl methyl sites for hydroxylation is 1. The Bertz CT molecular complexity index is 804. The van der Waals surface area contributed by atoms with E-state index in [2.05, 4.69) is 10.6 Å². The van der Waals surface area contributed by atoms with Crippen LogP contribution in [0.15, 0.2) is 30.3 Å². The van der Waals surface area contributed by atoms with Crippen molar-refractivity contribution in [3.8, 4) is 5.75 Å². The first-order valence-electron chi connectivity index (χ1n) is 9.58. The standard InChI is InChI=1S/C21H26N2O4S/c1-26-13-7-12-22-20(25)19-16-10-5-6-11-17(16)28-21(19)23-18(24)14-27-15-8-3-2-4-9-15/h2-4,8-9H,5-7,10-14H2,1H3,(H,22,25)(H,23,24). The molecule has 0 fully saturated rings. The lowest BCUT2D eigenvalue weighted by Gasteiger charge is -2.13. The molecule has 0 unspecified atom stereocenters. The summed E-state index contributed by atoms with van der Waals surface area (Å²) >= 11 is 1.51. The highest BCUT2D eigenvalue weighted by molar-refractivity contribution is 7.17. The normalized spacial score (nSPS) is 12.9. The molecule has 0 aliphatic heterocycles. The lowest BCUT2D eigenvalue weighted by Crippen LogP contribution is -2.28. The van der Waals surface area contributed by atoms with Gasteiger partial charge in [-0.05, 0) is 49.8 Å². The SMILES string of the molecule is COCCCNC(=O)c1c(NC(=O)COc2ccccc2)sc2c1CCCC2. The fourth-order valence-corrected chi connectivity index (χ4v) is 4.53. The van der Waals surface area contributed by atoms with Crippen LogP contribution in [0.25, 0.3) is 0 Å². The average Bonchev–Trinajstić information content (AvgIpc) is 3.08. The summed E-state index contributed by atoms with van der Waals surface area (Å²) in [6, 6.07) is 9.20. The Morgan fingerprint density at radius 2 is 1.93 bits per heavy atom. The third kappa shape index (κ3) is 5.33. The van der Waals surface area contributed by atoms with Gasteiger partial charge in [0.25, 0.3) is 11.8 Å². The first-order valence-corrected chi connectivity index (χ1v) is 10.4. The molecule has 1 aromatic heterocycles. The fraction of sp³-hybridized carbons (Fsp3) is 0.429. The van der Waals surface area contributed by atoms with Crippen LogP contribution in [0.2, 0.25) is 0 Å². The van der Waals surface area contributed by atoms with E-state index in [0.717, 1.165) is 37.7 Å². The van der Waals surface area contributed by atoms with E-state index in [1.54, 1.807) is 19.2 Å². The molecule has 3 rings (SSSR count). The Morgan fingerprint density at radius 1 is 1.14 bits per heavy atom. The Morgan fingerprint density at radius 3 is 2.71 bits per heavy atom. The zero-order valence-corrected chi connectivity index (χ0v) is 16.9. The maximum Gasteiger partial charge on any atom is 0.262 e. The minimum Gasteiger partial charge on any atom is -0.484 e. The van der Waals surface area contributed by atoms with Gasteiger partial charge in [-0.2, -0.15) is 0 Å². The van der Waals surface area contributed by atoms with Crippen molar-refractivity contribution < 1.29 is 19.1 Å². The lowest BCUT2D eigenvalue weighted by molar-refractivity contribution is -0.118. The monoisotopic (exact) mass is 402 g/mol. The van der Waals surface area contributed by atoms with E-state index in [9.17, 15) is 9.59 Å². The van der Waals surface area contributed by atoms with Crippen LogP contribution < -0.4 is 15.4 Å². The van der Waals surface area contributed by atoms with Gasteiger partial charge >= 0.3 is 0 Å². The number of ether oxygens (including phenoxy) is 2. The Labute approximate surface area is 169 Å². The number of thiophene rings is 1. The van der Waals surface area contributed by atoms with Gasteiger partial charge in [0.1, 0.15) is 10.8 Å². The van der Waals surface area contributed by atoms with Crippen LogP contribution >= 0.6 is 11.3 Å². The van der Waals surface area contributed by atoms with Crippen LogP contribution in [-0.2, 0) is 22.4 Å². The van der Waals surface area contributed by atoms with Gasteiger partial charge in [0.2, 0.25) is 0 Å². The molecule has 6 nitrogen and oxygen atoms in total. The van der Waals surface area contributed by atoms with Crippen molar-refractivity contribution in [1.82, 2.24) is 5.32 Å². The number of rotatable bonds is 9. The second-order valence-corrected chi connectivity index (χ2v) is 7.77. The zero-order valence-electron chi connectivity index (χ0n) is 16.1. The van der Waals surface area contributed by atoms with Crippen LogP contribution in [0.3, 0.4) is 0 Å². The first kappa shape index (κ1) is 20.4. The number of benzene rings is 1. The van der Waals surface area contributed by atoms with Crippen molar-refractivity contribution in [3.63, 3.8) is 0 Å². The highest BCUT2D eigenvalue weighted by Crippen LogP contribution is 2.38. The maximum atomic E-state index is 12.8. The number of hydrogen-bond donors (Lipinski definition) is 2. The summed E-state index contributed by atoms with van der Waals surface area (Å²) in [6.07, 6.45) is 4.77. The third-order valence-corrected chi connectivity index (χ3v) is 5.78. The van der Waals surface area contributed by atoms with E-state index in [1.165, 1.54) is 16.2 Å². The number of anilines is 1. The predicted molar refractivity (Wildman–Crippen MR) is 110 cm³/mol.